The van der Waals surface area contributed by atoms with Crippen molar-refractivity contribution >= 4 is 46.6 Å². The summed E-state index contributed by atoms with van der Waals surface area (Å²) >= 11 is 13.1. The minimum Gasteiger partial charge on any atom is -0.461 e. The number of thioether (sulfide) groups is 1. The lowest BCUT2D eigenvalue weighted by Gasteiger charge is -2.07. The van der Waals surface area contributed by atoms with Gasteiger partial charge in [-0.3, -0.25) is 9.89 Å². The van der Waals surface area contributed by atoms with Gasteiger partial charge in [-0.2, -0.15) is 4.98 Å². The molecule has 0 aliphatic carbocycles. The van der Waals surface area contributed by atoms with E-state index >= 15 is 0 Å². The summed E-state index contributed by atoms with van der Waals surface area (Å²) in [6.45, 7) is 0. The fraction of sp³-hybridized carbons (Fsp3) is 0.0714. The maximum Gasteiger partial charge on any atom is 0.234 e. The van der Waals surface area contributed by atoms with E-state index in [2.05, 4.69) is 20.5 Å². The van der Waals surface area contributed by atoms with Gasteiger partial charge in [0.1, 0.15) is 0 Å². The van der Waals surface area contributed by atoms with E-state index in [4.69, 9.17) is 27.6 Å². The predicted molar refractivity (Wildman–Crippen MR) is 89.9 cm³/mol. The summed E-state index contributed by atoms with van der Waals surface area (Å²) in [4.78, 5) is 16.2. The van der Waals surface area contributed by atoms with Crippen molar-refractivity contribution in [1.29, 1.82) is 0 Å². The monoisotopic (exact) mass is 368 g/mol. The van der Waals surface area contributed by atoms with Crippen LogP contribution in [0, 0.1) is 0 Å². The Labute approximate surface area is 145 Å². The SMILES string of the molecule is O=C(CSc1n[nH]c(-c2ccco2)n1)Nc1cccc(Cl)c1Cl. The van der Waals surface area contributed by atoms with Crippen LogP contribution in [0.3, 0.4) is 0 Å². The molecule has 6 nitrogen and oxygen atoms in total. The Bertz CT molecular complexity index is 820. The minimum atomic E-state index is -0.233. The fourth-order valence-corrected chi connectivity index (χ4v) is 2.70. The van der Waals surface area contributed by atoms with Gasteiger partial charge < -0.3 is 9.73 Å². The number of amides is 1. The molecule has 0 radical (unpaired) electrons. The van der Waals surface area contributed by atoms with Crippen molar-refractivity contribution in [3.8, 4) is 11.6 Å². The van der Waals surface area contributed by atoms with Gasteiger partial charge in [-0.05, 0) is 24.3 Å². The lowest BCUT2D eigenvalue weighted by Crippen LogP contribution is -2.14. The number of aromatic nitrogens is 3. The number of hydrogen-bond acceptors (Lipinski definition) is 5. The maximum absolute atomic E-state index is 12.0. The van der Waals surface area contributed by atoms with Crippen molar-refractivity contribution in [1.82, 2.24) is 15.2 Å². The normalized spacial score (nSPS) is 10.7. The highest BCUT2D eigenvalue weighted by Crippen LogP contribution is 2.29. The Morgan fingerprint density at radius 2 is 2.17 bits per heavy atom. The van der Waals surface area contributed by atoms with Crippen molar-refractivity contribution in [3.63, 3.8) is 0 Å². The summed E-state index contributed by atoms with van der Waals surface area (Å²) < 4.78 is 5.21. The number of hydrogen-bond donors (Lipinski definition) is 2. The molecule has 0 saturated carbocycles. The molecular weight excluding hydrogens is 359 g/mol. The van der Waals surface area contributed by atoms with E-state index in [9.17, 15) is 4.79 Å². The molecule has 0 fully saturated rings. The number of halogens is 2. The molecule has 2 aromatic heterocycles. The van der Waals surface area contributed by atoms with Crippen LogP contribution in [0.4, 0.5) is 5.69 Å². The molecule has 0 unspecified atom stereocenters. The summed E-state index contributed by atoms with van der Waals surface area (Å²) in [6, 6.07) is 8.56. The number of furan rings is 1. The van der Waals surface area contributed by atoms with Crippen molar-refractivity contribution in [2.45, 2.75) is 5.16 Å². The smallest absolute Gasteiger partial charge is 0.234 e. The Morgan fingerprint density at radius 1 is 1.30 bits per heavy atom. The number of rotatable bonds is 5. The number of aromatic amines is 1. The number of nitrogens with one attached hydrogen (secondary N) is 2. The molecule has 0 bridgehead atoms. The van der Waals surface area contributed by atoms with E-state index in [1.807, 2.05) is 0 Å². The van der Waals surface area contributed by atoms with Gasteiger partial charge >= 0.3 is 0 Å². The van der Waals surface area contributed by atoms with Gasteiger partial charge in [0.25, 0.3) is 0 Å². The predicted octanol–water partition coefficient (Wildman–Crippen LogP) is 4.10. The van der Waals surface area contributed by atoms with E-state index < -0.39 is 0 Å². The number of nitrogens with zero attached hydrogens (tertiary/aromatic N) is 2. The molecule has 0 atom stereocenters. The molecule has 0 aliphatic heterocycles. The second kappa shape index (κ2) is 7.08. The molecule has 0 aliphatic rings. The van der Waals surface area contributed by atoms with Crippen molar-refractivity contribution in [2.24, 2.45) is 0 Å². The highest BCUT2D eigenvalue weighted by molar-refractivity contribution is 7.99. The lowest BCUT2D eigenvalue weighted by molar-refractivity contribution is -0.113. The van der Waals surface area contributed by atoms with E-state index in [-0.39, 0.29) is 11.7 Å². The van der Waals surface area contributed by atoms with Crippen LogP contribution in [0.15, 0.2) is 46.2 Å². The summed E-state index contributed by atoms with van der Waals surface area (Å²) in [6.07, 6.45) is 1.55. The Kier molecular flexibility index (Phi) is 4.90. The second-order valence-electron chi connectivity index (χ2n) is 4.38. The number of carbonyl (C=O) groups is 1. The van der Waals surface area contributed by atoms with Crippen molar-refractivity contribution in [2.75, 3.05) is 11.1 Å². The fourth-order valence-electron chi connectivity index (χ4n) is 1.75. The molecule has 118 valence electrons. The van der Waals surface area contributed by atoms with E-state index in [0.29, 0.717) is 32.5 Å². The zero-order valence-corrected chi connectivity index (χ0v) is 13.9. The molecule has 2 N–H and O–H groups in total. The summed E-state index contributed by atoms with van der Waals surface area (Å²) in [5, 5.41) is 10.6. The molecule has 0 saturated heterocycles. The van der Waals surface area contributed by atoms with Gasteiger partial charge in [0.15, 0.2) is 11.6 Å². The first-order chi connectivity index (χ1) is 11.1. The van der Waals surface area contributed by atoms with E-state index in [1.54, 1.807) is 36.6 Å². The van der Waals surface area contributed by atoms with Gasteiger partial charge in [-0.1, -0.05) is 41.0 Å². The van der Waals surface area contributed by atoms with Gasteiger partial charge in [-0.25, -0.2) is 0 Å². The molecule has 3 aromatic rings. The average molecular weight is 369 g/mol. The van der Waals surface area contributed by atoms with Crippen LogP contribution < -0.4 is 5.32 Å². The largest absolute Gasteiger partial charge is 0.461 e. The molecule has 2 heterocycles. The van der Waals surface area contributed by atoms with Gasteiger partial charge in [0.05, 0.1) is 27.7 Å². The van der Waals surface area contributed by atoms with Gasteiger partial charge in [-0.15, -0.1) is 5.10 Å². The van der Waals surface area contributed by atoms with Crippen LogP contribution >= 0.6 is 35.0 Å². The standard InChI is InChI=1S/C14H10Cl2N4O2S/c15-8-3-1-4-9(12(8)16)17-11(21)7-23-14-18-13(19-20-14)10-5-2-6-22-10/h1-6H,7H2,(H,17,21)(H,18,19,20). The van der Waals surface area contributed by atoms with Crippen LogP contribution in [0.1, 0.15) is 0 Å². The first-order valence-electron chi connectivity index (χ1n) is 6.46. The number of H-pyrrole nitrogens is 1. The Balaban J connectivity index is 1.58. The molecule has 1 aromatic carbocycles. The topological polar surface area (TPSA) is 83.8 Å². The van der Waals surface area contributed by atoms with Crippen LogP contribution in [0.5, 0.6) is 0 Å². The van der Waals surface area contributed by atoms with Gasteiger partial charge in [0.2, 0.25) is 11.1 Å². The Hall–Kier alpha value is -1.96. The number of carbonyl (C=O) groups excluding carboxylic acids is 1. The van der Waals surface area contributed by atoms with E-state index in [1.165, 1.54) is 11.8 Å². The van der Waals surface area contributed by atoms with E-state index in [0.717, 1.165) is 0 Å². The van der Waals surface area contributed by atoms with Crippen LogP contribution in [0.25, 0.3) is 11.6 Å². The van der Waals surface area contributed by atoms with Gasteiger partial charge in [0, 0.05) is 0 Å². The molecule has 1 amide bonds. The highest BCUT2D eigenvalue weighted by atomic mass is 35.5. The zero-order chi connectivity index (χ0) is 16.2. The third-order valence-corrected chi connectivity index (χ3v) is 4.44. The Morgan fingerprint density at radius 3 is 2.96 bits per heavy atom. The zero-order valence-electron chi connectivity index (χ0n) is 11.5. The van der Waals surface area contributed by atoms with Crippen LogP contribution in [0.2, 0.25) is 10.0 Å². The average Bonchev–Trinajstić information content (AvgIpc) is 3.20. The first kappa shape index (κ1) is 15.9. The molecule has 9 heteroatoms. The third kappa shape index (κ3) is 3.87. The number of anilines is 1. The molecule has 23 heavy (non-hydrogen) atoms. The van der Waals surface area contributed by atoms with Crippen molar-refractivity contribution < 1.29 is 9.21 Å². The third-order valence-electron chi connectivity index (χ3n) is 2.78. The molecule has 0 spiro atoms. The van der Waals surface area contributed by atoms with Crippen LogP contribution in [-0.4, -0.2) is 26.8 Å². The lowest BCUT2D eigenvalue weighted by atomic mass is 10.3. The summed E-state index contributed by atoms with van der Waals surface area (Å²) in [7, 11) is 0. The second-order valence-corrected chi connectivity index (χ2v) is 6.11. The summed E-state index contributed by atoms with van der Waals surface area (Å²) in [5.41, 5.74) is 0.469. The first-order valence-corrected chi connectivity index (χ1v) is 8.20. The molecular formula is C14H10Cl2N4O2S. The number of benzene rings is 1. The molecule has 3 rings (SSSR count). The maximum atomic E-state index is 12.0. The van der Waals surface area contributed by atoms with Crippen molar-refractivity contribution in [3.05, 3.63) is 46.6 Å². The summed E-state index contributed by atoms with van der Waals surface area (Å²) in [5.74, 6) is 0.997. The van der Waals surface area contributed by atoms with Crippen LogP contribution in [-0.2, 0) is 4.79 Å². The quantitative estimate of drug-likeness (QED) is 0.662. The minimum absolute atomic E-state index is 0.137. The highest BCUT2D eigenvalue weighted by Gasteiger charge is 2.12.